The molecule has 0 aliphatic heterocycles. The van der Waals surface area contributed by atoms with Crippen LogP contribution in [0.2, 0.25) is 0 Å². The number of carbonyl (C=O) groups is 1. The second-order valence-electron chi connectivity index (χ2n) is 5.99. The number of benzene rings is 2. The van der Waals surface area contributed by atoms with Gasteiger partial charge in [-0.2, -0.15) is 5.10 Å². The minimum absolute atomic E-state index is 0.0326. The molecule has 0 aliphatic carbocycles. The van der Waals surface area contributed by atoms with E-state index in [0.717, 1.165) is 11.1 Å². The van der Waals surface area contributed by atoms with Crippen molar-refractivity contribution in [2.75, 3.05) is 0 Å². The second kappa shape index (κ2) is 8.24. The number of aryl methyl sites for hydroxylation is 2. The van der Waals surface area contributed by atoms with Crippen LogP contribution in [-0.2, 0) is 4.79 Å². The first-order valence-electron chi connectivity index (χ1n) is 8.11. The van der Waals surface area contributed by atoms with Gasteiger partial charge >= 0.3 is 0 Å². The Morgan fingerprint density at radius 3 is 2.58 bits per heavy atom. The molecule has 1 atom stereocenters. The molecule has 0 fully saturated rings. The molecule has 7 nitrogen and oxygen atoms in total. The van der Waals surface area contributed by atoms with Gasteiger partial charge in [0.1, 0.15) is 5.75 Å². The van der Waals surface area contributed by atoms with Crippen molar-refractivity contribution in [1.82, 2.24) is 5.43 Å². The zero-order valence-corrected chi connectivity index (χ0v) is 15.1. The molecule has 26 heavy (non-hydrogen) atoms. The molecule has 2 aromatic carbocycles. The van der Waals surface area contributed by atoms with E-state index in [1.165, 1.54) is 12.1 Å². The van der Waals surface area contributed by atoms with Gasteiger partial charge in [-0.3, -0.25) is 14.9 Å². The van der Waals surface area contributed by atoms with Crippen molar-refractivity contribution in [1.29, 1.82) is 0 Å². The van der Waals surface area contributed by atoms with E-state index in [1.807, 2.05) is 32.0 Å². The van der Waals surface area contributed by atoms with Crippen LogP contribution in [0.15, 0.2) is 47.6 Å². The van der Waals surface area contributed by atoms with E-state index in [9.17, 15) is 14.9 Å². The van der Waals surface area contributed by atoms with Crippen molar-refractivity contribution in [3.63, 3.8) is 0 Å². The number of nitrogens with one attached hydrogen (secondary N) is 1. The number of ether oxygens (including phenoxy) is 1. The minimum atomic E-state index is -0.737. The summed E-state index contributed by atoms with van der Waals surface area (Å²) in [4.78, 5) is 22.5. The van der Waals surface area contributed by atoms with Gasteiger partial charge in [-0.25, -0.2) is 5.43 Å². The van der Waals surface area contributed by atoms with Crippen LogP contribution in [0.1, 0.15) is 30.5 Å². The monoisotopic (exact) mass is 355 g/mol. The summed E-state index contributed by atoms with van der Waals surface area (Å²) >= 11 is 0. The molecule has 1 N–H and O–H groups in total. The Kier molecular flexibility index (Phi) is 6.06. The van der Waals surface area contributed by atoms with Gasteiger partial charge in [-0.1, -0.05) is 18.2 Å². The summed E-state index contributed by atoms with van der Waals surface area (Å²) < 4.78 is 5.63. The van der Waals surface area contributed by atoms with Gasteiger partial charge < -0.3 is 4.74 Å². The number of non-ortho nitro benzene ring substituents is 1. The van der Waals surface area contributed by atoms with Crippen molar-refractivity contribution in [3.8, 4) is 5.75 Å². The van der Waals surface area contributed by atoms with Crippen LogP contribution in [0.4, 0.5) is 5.69 Å². The number of hydrogen-bond acceptors (Lipinski definition) is 5. The number of nitro groups is 1. The van der Waals surface area contributed by atoms with Crippen molar-refractivity contribution in [2.24, 2.45) is 5.10 Å². The summed E-state index contributed by atoms with van der Waals surface area (Å²) in [5.74, 6) is 0.197. The topological polar surface area (TPSA) is 93.8 Å². The fraction of sp³-hybridized carbons (Fsp3) is 0.263. The zero-order chi connectivity index (χ0) is 19.3. The van der Waals surface area contributed by atoms with E-state index >= 15 is 0 Å². The van der Waals surface area contributed by atoms with E-state index in [-0.39, 0.29) is 5.69 Å². The maximum absolute atomic E-state index is 12.2. The smallest absolute Gasteiger partial charge is 0.280 e. The molecule has 2 rings (SSSR count). The molecule has 1 amide bonds. The van der Waals surface area contributed by atoms with Gasteiger partial charge in [0.15, 0.2) is 6.10 Å². The molecular weight excluding hydrogens is 334 g/mol. The number of amides is 1. The van der Waals surface area contributed by atoms with Crippen LogP contribution in [0.25, 0.3) is 0 Å². The van der Waals surface area contributed by atoms with E-state index in [2.05, 4.69) is 10.5 Å². The number of nitro benzene ring substituents is 1. The number of hydrogen-bond donors (Lipinski definition) is 1. The molecule has 0 radical (unpaired) electrons. The van der Waals surface area contributed by atoms with Gasteiger partial charge in [-0.15, -0.1) is 0 Å². The fourth-order valence-electron chi connectivity index (χ4n) is 2.18. The second-order valence-corrected chi connectivity index (χ2v) is 5.99. The van der Waals surface area contributed by atoms with Crippen molar-refractivity contribution < 1.29 is 14.5 Å². The number of hydrazone groups is 1. The highest BCUT2D eigenvalue weighted by Gasteiger charge is 2.15. The molecule has 136 valence electrons. The first-order valence-corrected chi connectivity index (χ1v) is 8.11. The Balaban J connectivity index is 2.01. The average Bonchev–Trinajstić information content (AvgIpc) is 2.62. The van der Waals surface area contributed by atoms with Gasteiger partial charge in [0.05, 0.1) is 10.6 Å². The van der Waals surface area contributed by atoms with Crippen LogP contribution in [0.5, 0.6) is 5.75 Å². The third-order valence-corrected chi connectivity index (χ3v) is 3.97. The maximum atomic E-state index is 12.2. The predicted octanol–water partition coefficient (Wildman–Crippen LogP) is 3.52. The third-order valence-electron chi connectivity index (χ3n) is 3.97. The Morgan fingerprint density at radius 1 is 1.19 bits per heavy atom. The van der Waals surface area contributed by atoms with Crippen LogP contribution >= 0.6 is 0 Å². The number of nitrogens with zero attached hydrogens (tertiary/aromatic N) is 2. The standard InChI is InChI=1S/C19H21N3O4/c1-12-8-9-18(10-13(12)2)26-15(4)19(23)21-20-14(3)16-6-5-7-17(11-16)22(24)25/h5-11,15H,1-4H3,(H,21,23)/b20-14+. The summed E-state index contributed by atoms with van der Waals surface area (Å²) in [6, 6.07) is 11.7. The molecule has 0 aromatic heterocycles. The average molecular weight is 355 g/mol. The summed E-state index contributed by atoms with van der Waals surface area (Å²) in [5.41, 5.74) is 5.64. The first-order chi connectivity index (χ1) is 12.3. The van der Waals surface area contributed by atoms with Crippen molar-refractivity contribution in [2.45, 2.75) is 33.8 Å². The zero-order valence-electron chi connectivity index (χ0n) is 15.1. The molecule has 0 spiro atoms. The Labute approximate surface area is 151 Å². The van der Waals surface area contributed by atoms with E-state index < -0.39 is 16.9 Å². The first kappa shape index (κ1) is 19.1. The Hall–Kier alpha value is -3.22. The molecule has 0 saturated carbocycles. The van der Waals surface area contributed by atoms with Gasteiger partial charge in [0.25, 0.3) is 11.6 Å². The lowest BCUT2D eigenvalue weighted by Crippen LogP contribution is -2.34. The molecule has 0 bridgehead atoms. The maximum Gasteiger partial charge on any atom is 0.280 e. The quantitative estimate of drug-likeness (QED) is 0.487. The predicted molar refractivity (Wildman–Crippen MR) is 99.5 cm³/mol. The van der Waals surface area contributed by atoms with Gasteiger partial charge in [0.2, 0.25) is 0 Å². The minimum Gasteiger partial charge on any atom is -0.481 e. The molecule has 0 aliphatic rings. The lowest BCUT2D eigenvalue weighted by Gasteiger charge is -2.14. The highest BCUT2D eigenvalue weighted by Crippen LogP contribution is 2.18. The van der Waals surface area contributed by atoms with E-state index in [1.54, 1.807) is 26.0 Å². The van der Waals surface area contributed by atoms with Gasteiger partial charge in [0, 0.05) is 17.7 Å². The van der Waals surface area contributed by atoms with Crippen LogP contribution in [-0.4, -0.2) is 22.6 Å². The van der Waals surface area contributed by atoms with Crippen LogP contribution in [0.3, 0.4) is 0 Å². The lowest BCUT2D eigenvalue weighted by molar-refractivity contribution is -0.384. The lowest BCUT2D eigenvalue weighted by atomic mass is 10.1. The largest absolute Gasteiger partial charge is 0.481 e. The summed E-state index contributed by atoms with van der Waals surface area (Å²) in [5, 5.41) is 14.8. The SMILES string of the molecule is C/C(=N\NC(=O)C(C)Oc1ccc(C)c(C)c1)c1cccc([N+](=O)[O-])c1. The summed E-state index contributed by atoms with van der Waals surface area (Å²) in [6.07, 6.45) is -0.737. The molecule has 7 heteroatoms. The normalized spacial score (nSPS) is 12.4. The number of rotatable bonds is 6. The van der Waals surface area contributed by atoms with Crippen LogP contribution < -0.4 is 10.2 Å². The van der Waals surface area contributed by atoms with E-state index in [4.69, 9.17) is 4.74 Å². The van der Waals surface area contributed by atoms with Crippen molar-refractivity contribution in [3.05, 3.63) is 69.3 Å². The van der Waals surface area contributed by atoms with Gasteiger partial charge in [-0.05, 0) is 51.0 Å². The Morgan fingerprint density at radius 2 is 1.92 bits per heavy atom. The molecular formula is C19H21N3O4. The Bertz CT molecular complexity index is 862. The highest BCUT2D eigenvalue weighted by molar-refractivity contribution is 5.99. The number of carbonyl (C=O) groups excluding carboxylic acids is 1. The van der Waals surface area contributed by atoms with E-state index in [0.29, 0.717) is 17.0 Å². The summed E-state index contributed by atoms with van der Waals surface area (Å²) in [7, 11) is 0. The molecule has 0 heterocycles. The molecule has 1 unspecified atom stereocenters. The summed E-state index contributed by atoms with van der Waals surface area (Å²) in [6.45, 7) is 7.26. The fourth-order valence-corrected chi connectivity index (χ4v) is 2.18. The molecule has 0 saturated heterocycles. The highest BCUT2D eigenvalue weighted by atomic mass is 16.6. The van der Waals surface area contributed by atoms with Crippen molar-refractivity contribution >= 4 is 17.3 Å². The third kappa shape index (κ3) is 4.89. The molecule has 2 aromatic rings. The van der Waals surface area contributed by atoms with Crippen LogP contribution in [0, 0.1) is 24.0 Å².